The fraction of sp³-hybridized carbons (Fsp3) is 0.765. The highest BCUT2D eigenvalue weighted by Gasteiger charge is 2.31. The summed E-state index contributed by atoms with van der Waals surface area (Å²) in [6, 6.07) is 0.0294. The van der Waals surface area contributed by atoms with Crippen molar-refractivity contribution in [3.63, 3.8) is 0 Å². The Kier molecular flexibility index (Phi) is 6.89. The number of nitro groups is 1. The molecule has 28 heavy (non-hydrogen) atoms. The molecule has 11 heteroatoms. The van der Waals surface area contributed by atoms with Crippen molar-refractivity contribution in [3.8, 4) is 0 Å². The minimum atomic E-state index is -1.15. The van der Waals surface area contributed by atoms with Crippen molar-refractivity contribution in [1.82, 2.24) is 19.8 Å². The molecule has 1 aromatic rings. The van der Waals surface area contributed by atoms with E-state index < -0.39 is 22.2 Å². The largest absolute Gasteiger partial charge is 0.444 e. The number of rotatable bonds is 6. The van der Waals surface area contributed by atoms with Crippen LogP contribution in [-0.2, 0) is 11.3 Å². The van der Waals surface area contributed by atoms with Crippen LogP contribution in [0.4, 0.5) is 10.6 Å². The molecule has 2 N–H and O–H groups in total. The highest BCUT2D eigenvalue weighted by molar-refractivity contribution is 6.28. The van der Waals surface area contributed by atoms with Gasteiger partial charge in [0.05, 0.1) is 12.1 Å². The SMILES string of the molecule is CC(C)(C)OC(=O)NC1CCN(C[C@](C)(O)Cn2cc([N+](=O)[O-])nc2Cl)CC1. The van der Waals surface area contributed by atoms with Crippen molar-refractivity contribution in [3.05, 3.63) is 21.6 Å². The first-order chi connectivity index (χ1) is 12.8. The van der Waals surface area contributed by atoms with E-state index >= 15 is 0 Å². The molecule has 1 aromatic heterocycles. The van der Waals surface area contributed by atoms with Gasteiger partial charge in [-0.1, -0.05) is 0 Å². The van der Waals surface area contributed by atoms with Gasteiger partial charge in [0.2, 0.25) is 0 Å². The Hall–Kier alpha value is -1.91. The second-order valence-corrected chi connectivity index (χ2v) is 8.78. The number of piperidine rings is 1. The summed E-state index contributed by atoms with van der Waals surface area (Å²) in [6.45, 7) is 8.97. The molecule has 158 valence electrons. The molecule has 10 nitrogen and oxygen atoms in total. The molecule has 1 amide bonds. The van der Waals surface area contributed by atoms with Crippen molar-refractivity contribution in [2.45, 2.75) is 64.3 Å². The van der Waals surface area contributed by atoms with Gasteiger partial charge in [-0.2, -0.15) is 0 Å². The maximum atomic E-state index is 11.9. The third-order valence-corrected chi connectivity index (χ3v) is 4.59. The summed E-state index contributed by atoms with van der Waals surface area (Å²) >= 11 is 5.92. The number of hydrogen-bond donors (Lipinski definition) is 2. The molecule has 0 spiro atoms. The molecule has 1 fully saturated rings. The average Bonchev–Trinajstić information content (AvgIpc) is 2.87. The van der Waals surface area contributed by atoms with Crippen LogP contribution in [0, 0.1) is 10.1 Å². The second-order valence-electron chi connectivity index (χ2n) is 8.45. The van der Waals surface area contributed by atoms with Crippen LogP contribution in [0.25, 0.3) is 0 Å². The van der Waals surface area contributed by atoms with Gasteiger partial charge in [-0.3, -0.25) is 4.57 Å². The van der Waals surface area contributed by atoms with E-state index in [2.05, 4.69) is 15.2 Å². The Labute approximate surface area is 169 Å². The third kappa shape index (κ3) is 6.92. The minimum Gasteiger partial charge on any atom is -0.444 e. The number of nitrogens with zero attached hydrogens (tertiary/aromatic N) is 4. The van der Waals surface area contributed by atoms with Crippen LogP contribution in [0.5, 0.6) is 0 Å². The van der Waals surface area contributed by atoms with Gasteiger partial charge in [0, 0.05) is 25.7 Å². The molecule has 0 bridgehead atoms. The lowest BCUT2D eigenvalue weighted by atomic mass is 10.0. The molecule has 1 atom stereocenters. The molecule has 0 radical (unpaired) electrons. The van der Waals surface area contributed by atoms with E-state index in [-0.39, 0.29) is 23.7 Å². The highest BCUT2D eigenvalue weighted by Crippen LogP contribution is 2.21. The molecule has 0 aliphatic carbocycles. The number of carbonyl (C=O) groups is 1. The Morgan fingerprint density at radius 1 is 1.39 bits per heavy atom. The molecule has 2 rings (SSSR count). The number of carbonyl (C=O) groups excluding carboxylic acids is 1. The Morgan fingerprint density at radius 3 is 2.50 bits per heavy atom. The quantitative estimate of drug-likeness (QED) is 0.537. The monoisotopic (exact) mass is 417 g/mol. The number of nitrogens with one attached hydrogen (secondary N) is 1. The average molecular weight is 418 g/mol. The highest BCUT2D eigenvalue weighted by atomic mass is 35.5. The first kappa shape index (κ1) is 22.4. The Bertz CT molecular complexity index is 707. The summed E-state index contributed by atoms with van der Waals surface area (Å²) in [5.41, 5.74) is -1.68. The number of halogens is 1. The van der Waals surface area contributed by atoms with Crippen LogP contribution >= 0.6 is 11.6 Å². The van der Waals surface area contributed by atoms with Crippen LogP contribution in [0.1, 0.15) is 40.5 Å². The van der Waals surface area contributed by atoms with Gasteiger partial charge in [0.15, 0.2) is 0 Å². The van der Waals surface area contributed by atoms with Crippen molar-refractivity contribution in [2.75, 3.05) is 19.6 Å². The van der Waals surface area contributed by atoms with Crippen molar-refractivity contribution >= 4 is 23.5 Å². The third-order valence-electron chi connectivity index (χ3n) is 4.29. The number of β-amino-alcohol motifs (C(OH)–C–C–N with tert-alkyl or cyclic N) is 1. The van der Waals surface area contributed by atoms with E-state index in [1.54, 1.807) is 6.92 Å². The molecule has 2 heterocycles. The van der Waals surface area contributed by atoms with Crippen molar-refractivity contribution in [1.29, 1.82) is 0 Å². The van der Waals surface area contributed by atoms with Crippen LogP contribution in [-0.4, -0.2) is 67.5 Å². The zero-order valence-corrected chi connectivity index (χ0v) is 17.4. The molecule has 1 saturated heterocycles. The van der Waals surface area contributed by atoms with Crippen LogP contribution < -0.4 is 5.32 Å². The first-order valence-corrected chi connectivity index (χ1v) is 9.54. The van der Waals surface area contributed by atoms with E-state index in [1.165, 1.54) is 10.8 Å². The number of imidazole rings is 1. The fourth-order valence-electron chi connectivity index (χ4n) is 3.19. The van der Waals surface area contributed by atoms with Gasteiger partial charge in [0.1, 0.15) is 11.8 Å². The van der Waals surface area contributed by atoms with Crippen LogP contribution in [0.3, 0.4) is 0 Å². The number of ether oxygens (including phenoxy) is 1. The Balaban J connectivity index is 1.83. The second kappa shape index (κ2) is 8.62. The number of aliphatic hydroxyl groups is 1. The van der Waals surface area contributed by atoms with Gasteiger partial charge in [-0.05, 0) is 62.0 Å². The lowest BCUT2D eigenvalue weighted by molar-refractivity contribution is -0.389. The van der Waals surface area contributed by atoms with E-state index in [9.17, 15) is 20.0 Å². The number of amides is 1. The van der Waals surface area contributed by atoms with E-state index in [0.717, 1.165) is 12.8 Å². The van der Waals surface area contributed by atoms with Crippen molar-refractivity contribution in [2.24, 2.45) is 0 Å². The molecule has 1 aliphatic rings. The number of aromatic nitrogens is 2. The zero-order valence-electron chi connectivity index (χ0n) is 16.6. The molecule has 1 aliphatic heterocycles. The van der Waals surface area contributed by atoms with Crippen LogP contribution in [0.15, 0.2) is 6.20 Å². The molecular weight excluding hydrogens is 390 g/mol. The maximum Gasteiger partial charge on any atom is 0.407 e. The summed E-state index contributed by atoms with van der Waals surface area (Å²) < 4.78 is 6.64. The predicted molar refractivity (Wildman–Crippen MR) is 103 cm³/mol. The number of hydrogen-bond acceptors (Lipinski definition) is 7. The topological polar surface area (TPSA) is 123 Å². The first-order valence-electron chi connectivity index (χ1n) is 9.16. The van der Waals surface area contributed by atoms with E-state index in [0.29, 0.717) is 19.6 Å². The van der Waals surface area contributed by atoms with E-state index in [4.69, 9.17) is 16.3 Å². The summed E-state index contributed by atoms with van der Waals surface area (Å²) in [7, 11) is 0. The maximum absolute atomic E-state index is 11.9. The number of likely N-dealkylation sites (tertiary alicyclic amines) is 1. The molecule has 0 unspecified atom stereocenters. The van der Waals surface area contributed by atoms with Gasteiger partial charge >= 0.3 is 17.2 Å². The summed E-state index contributed by atoms with van der Waals surface area (Å²) in [4.78, 5) is 27.8. The van der Waals surface area contributed by atoms with Gasteiger partial charge in [0.25, 0.3) is 0 Å². The zero-order chi connectivity index (χ0) is 21.1. The van der Waals surface area contributed by atoms with Crippen molar-refractivity contribution < 1.29 is 19.6 Å². The normalized spacial score (nSPS) is 18.5. The summed E-state index contributed by atoms with van der Waals surface area (Å²) in [5.74, 6) is -0.352. The molecule has 0 aromatic carbocycles. The minimum absolute atomic E-state index is 0.0294. The lowest BCUT2D eigenvalue weighted by Crippen LogP contribution is -2.50. The van der Waals surface area contributed by atoms with E-state index in [1.807, 2.05) is 20.8 Å². The summed E-state index contributed by atoms with van der Waals surface area (Å²) in [5, 5.41) is 24.4. The van der Waals surface area contributed by atoms with Gasteiger partial charge < -0.3 is 30.2 Å². The molecule has 0 saturated carbocycles. The number of alkyl carbamates (subject to hydrolysis) is 1. The van der Waals surface area contributed by atoms with Gasteiger partial charge in [-0.25, -0.2) is 4.79 Å². The summed E-state index contributed by atoms with van der Waals surface area (Å²) in [6.07, 6.45) is 2.28. The lowest BCUT2D eigenvalue weighted by Gasteiger charge is -2.37. The predicted octanol–water partition coefficient (Wildman–Crippen LogP) is 2.18. The van der Waals surface area contributed by atoms with Crippen LogP contribution in [0.2, 0.25) is 5.28 Å². The Morgan fingerprint density at radius 2 is 2.00 bits per heavy atom. The fourth-order valence-corrected chi connectivity index (χ4v) is 3.38. The molecular formula is C17H28ClN5O5. The van der Waals surface area contributed by atoms with Gasteiger partial charge in [-0.15, -0.1) is 0 Å². The standard InChI is InChI=1S/C17H28ClN5O5/c1-16(2,3)28-15(24)19-12-5-7-21(8-6-12)10-17(4,25)11-22-9-13(23(26)27)20-14(22)18/h9,12,25H,5-8,10-11H2,1-4H3,(H,19,24)/t17-/m0/s1. The smallest absolute Gasteiger partial charge is 0.407 e.